The number of pyridine rings is 1. The Bertz CT molecular complexity index is 556. The monoisotopic (exact) mass is 292 g/mol. The number of benzene rings is 1. The maximum Gasteiger partial charge on any atom is 0.166 e. The van der Waals surface area contributed by atoms with Crippen LogP contribution in [0.2, 0.25) is 0 Å². The highest BCUT2D eigenvalue weighted by Crippen LogP contribution is 2.31. The van der Waals surface area contributed by atoms with Crippen molar-refractivity contribution in [3.63, 3.8) is 0 Å². The van der Waals surface area contributed by atoms with Crippen molar-refractivity contribution >= 4 is 27.8 Å². The van der Waals surface area contributed by atoms with Crippen LogP contribution in [0.5, 0.6) is 11.5 Å². The molecule has 0 aliphatic carbocycles. The molecule has 5 heteroatoms. The molecule has 0 amide bonds. The van der Waals surface area contributed by atoms with E-state index in [2.05, 4.69) is 25.9 Å². The molecule has 0 atom stereocenters. The Morgan fingerprint density at radius 2 is 2.12 bits per heavy atom. The molecule has 86 valence electrons. The summed E-state index contributed by atoms with van der Waals surface area (Å²) in [5.41, 5.74) is 1.10. The van der Waals surface area contributed by atoms with Crippen molar-refractivity contribution in [2.75, 3.05) is 0 Å². The molecule has 0 saturated heterocycles. The summed E-state index contributed by atoms with van der Waals surface area (Å²) >= 11 is 3.23. The van der Waals surface area contributed by atoms with Gasteiger partial charge in [-0.1, -0.05) is 15.9 Å². The zero-order valence-corrected chi connectivity index (χ0v) is 10.3. The molecule has 0 bridgehead atoms. The van der Waals surface area contributed by atoms with E-state index in [1.54, 1.807) is 30.6 Å². The van der Waals surface area contributed by atoms with Gasteiger partial charge in [0.15, 0.2) is 11.5 Å². The van der Waals surface area contributed by atoms with Crippen LogP contribution in [-0.4, -0.2) is 21.4 Å². The minimum atomic E-state index is -0.194. The summed E-state index contributed by atoms with van der Waals surface area (Å²) in [6, 6.07) is 6.63. The molecule has 1 heterocycles. The van der Waals surface area contributed by atoms with E-state index in [0.717, 1.165) is 0 Å². The zero-order valence-electron chi connectivity index (χ0n) is 8.71. The van der Waals surface area contributed by atoms with E-state index in [1.165, 1.54) is 12.3 Å². The van der Waals surface area contributed by atoms with Gasteiger partial charge in [-0.2, -0.15) is 0 Å². The molecule has 0 aliphatic rings. The number of halogens is 1. The maximum absolute atomic E-state index is 9.62. The van der Waals surface area contributed by atoms with Gasteiger partial charge >= 0.3 is 0 Å². The van der Waals surface area contributed by atoms with E-state index in [1.807, 2.05) is 0 Å². The molecular formula is C12H9BrN2O2. The van der Waals surface area contributed by atoms with Crippen LogP contribution in [-0.2, 0) is 0 Å². The summed E-state index contributed by atoms with van der Waals surface area (Å²) in [5.74, 6) is -0.382. The second kappa shape index (κ2) is 4.97. The first-order valence-corrected chi connectivity index (χ1v) is 5.61. The molecule has 2 N–H and O–H groups in total. The van der Waals surface area contributed by atoms with Crippen molar-refractivity contribution in [3.8, 4) is 11.5 Å². The molecule has 0 radical (unpaired) electrons. The van der Waals surface area contributed by atoms with Gasteiger partial charge in [0, 0.05) is 22.4 Å². The zero-order chi connectivity index (χ0) is 12.3. The highest BCUT2D eigenvalue weighted by molar-refractivity contribution is 9.10. The van der Waals surface area contributed by atoms with Crippen LogP contribution >= 0.6 is 15.9 Å². The van der Waals surface area contributed by atoms with Crippen molar-refractivity contribution in [1.29, 1.82) is 0 Å². The molecule has 0 spiro atoms. The predicted molar refractivity (Wildman–Crippen MR) is 69.0 cm³/mol. The molecule has 0 aliphatic heterocycles. The van der Waals surface area contributed by atoms with Gasteiger partial charge in [0.1, 0.15) is 0 Å². The Labute approximate surface area is 106 Å². The number of aliphatic imine (C=N–C) groups is 1. The molecule has 17 heavy (non-hydrogen) atoms. The SMILES string of the molecule is Oc1cc(Br)cc(C=Nc2cccnc2)c1O. The number of hydrogen-bond donors (Lipinski definition) is 2. The van der Waals surface area contributed by atoms with Crippen LogP contribution in [0.3, 0.4) is 0 Å². The Morgan fingerprint density at radius 1 is 1.29 bits per heavy atom. The van der Waals surface area contributed by atoms with E-state index in [0.29, 0.717) is 15.7 Å². The fraction of sp³-hybridized carbons (Fsp3) is 0. The Kier molecular flexibility index (Phi) is 3.39. The largest absolute Gasteiger partial charge is 0.504 e. The van der Waals surface area contributed by atoms with Crippen LogP contribution in [0.15, 0.2) is 46.1 Å². The maximum atomic E-state index is 9.62. The van der Waals surface area contributed by atoms with Crippen molar-refractivity contribution in [2.24, 2.45) is 4.99 Å². The average molecular weight is 293 g/mol. The molecular weight excluding hydrogens is 284 g/mol. The van der Waals surface area contributed by atoms with Crippen molar-refractivity contribution in [2.45, 2.75) is 0 Å². The summed E-state index contributed by atoms with van der Waals surface area (Å²) in [6.45, 7) is 0. The van der Waals surface area contributed by atoms with Crippen LogP contribution in [0, 0.1) is 0 Å². The summed E-state index contributed by atoms with van der Waals surface area (Å²) in [5, 5.41) is 19.0. The highest BCUT2D eigenvalue weighted by atomic mass is 79.9. The fourth-order valence-corrected chi connectivity index (χ4v) is 1.74. The molecule has 2 aromatic rings. The van der Waals surface area contributed by atoms with E-state index in [-0.39, 0.29) is 11.5 Å². The van der Waals surface area contributed by atoms with Crippen molar-refractivity contribution in [1.82, 2.24) is 4.98 Å². The minimum Gasteiger partial charge on any atom is -0.504 e. The van der Waals surface area contributed by atoms with Gasteiger partial charge in [-0.25, -0.2) is 0 Å². The van der Waals surface area contributed by atoms with E-state index < -0.39 is 0 Å². The first-order valence-electron chi connectivity index (χ1n) is 4.82. The molecule has 1 aromatic carbocycles. The molecule has 4 nitrogen and oxygen atoms in total. The number of aromatic hydroxyl groups is 2. The number of phenolic OH excluding ortho intramolecular Hbond substituents is 2. The third-order valence-corrected chi connectivity index (χ3v) is 2.54. The van der Waals surface area contributed by atoms with Gasteiger partial charge in [-0.15, -0.1) is 0 Å². The highest BCUT2D eigenvalue weighted by Gasteiger charge is 2.06. The lowest BCUT2D eigenvalue weighted by Crippen LogP contribution is -1.83. The first-order chi connectivity index (χ1) is 8.16. The lowest BCUT2D eigenvalue weighted by Gasteiger charge is -2.02. The Balaban J connectivity index is 2.33. The first kappa shape index (κ1) is 11.6. The number of phenols is 2. The van der Waals surface area contributed by atoms with Gasteiger partial charge in [0.05, 0.1) is 11.9 Å². The lowest BCUT2D eigenvalue weighted by molar-refractivity contribution is 0.403. The van der Waals surface area contributed by atoms with Crippen LogP contribution in [0.1, 0.15) is 5.56 Å². The Hall–Kier alpha value is -1.88. The normalized spacial score (nSPS) is 10.9. The minimum absolute atomic E-state index is 0.188. The summed E-state index contributed by atoms with van der Waals surface area (Å²) in [4.78, 5) is 8.06. The van der Waals surface area contributed by atoms with Crippen molar-refractivity contribution < 1.29 is 10.2 Å². The summed E-state index contributed by atoms with van der Waals surface area (Å²) in [6.07, 6.45) is 4.73. The third kappa shape index (κ3) is 2.82. The quantitative estimate of drug-likeness (QED) is 0.660. The smallest absolute Gasteiger partial charge is 0.166 e. The second-order valence-electron chi connectivity index (χ2n) is 3.33. The number of rotatable bonds is 2. The molecule has 0 unspecified atom stereocenters. The third-order valence-electron chi connectivity index (χ3n) is 2.08. The number of nitrogens with zero attached hydrogens (tertiary/aromatic N) is 2. The van der Waals surface area contributed by atoms with Gasteiger partial charge in [-0.05, 0) is 24.3 Å². The van der Waals surface area contributed by atoms with Crippen molar-refractivity contribution in [3.05, 3.63) is 46.7 Å². The Morgan fingerprint density at radius 3 is 2.82 bits per heavy atom. The second-order valence-corrected chi connectivity index (χ2v) is 4.25. The van der Waals surface area contributed by atoms with Crippen LogP contribution in [0.25, 0.3) is 0 Å². The van der Waals surface area contributed by atoms with Crippen LogP contribution in [0.4, 0.5) is 5.69 Å². The summed E-state index contributed by atoms with van der Waals surface area (Å²) in [7, 11) is 0. The van der Waals surface area contributed by atoms with E-state index in [9.17, 15) is 10.2 Å². The molecule has 1 aromatic heterocycles. The molecule has 2 rings (SSSR count). The number of hydrogen-bond acceptors (Lipinski definition) is 4. The van der Waals surface area contributed by atoms with Crippen LogP contribution < -0.4 is 0 Å². The van der Waals surface area contributed by atoms with Gasteiger partial charge in [0.25, 0.3) is 0 Å². The molecule has 0 fully saturated rings. The fourth-order valence-electron chi connectivity index (χ4n) is 1.28. The van der Waals surface area contributed by atoms with Gasteiger partial charge in [-0.3, -0.25) is 9.98 Å². The standard InChI is InChI=1S/C12H9BrN2O2/c13-9-4-8(12(17)11(16)5-9)6-15-10-2-1-3-14-7-10/h1-7,16-17H. The van der Waals surface area contributed by atoms with Gasteiger partial charge < -0.3 is 10.2 Å². The summed E-state index contributed by atoms with van der Waals surface area (Å²) < 4.78 is 0.667. The van der Waals surface area contributed by atoms with E-state index in [4.69, 9.17) is 0 Å². The van der Waals surface area contributed by atoms with E-state index >= 15 is 0 Å². The topological polar surface area (TPSA) is 65.7 Å². The predicted octanol–water partition coefficient (Wildman–Crippen LogP) is 3.01. The molecule has 0 saturated carbocycles. The number of aromatic nitrogens is 1. The average Bonchev–Trinajstić information content (AvgIpc) is 2.33. The lowest BCUT2D eigenvalue weighted by atomic mass is 10.2. The van der Waals surface area contributed by atoms with Gasteiger partial charge in [0.2, 0.25) is 0 Å².